The lowest BCUT2D eigenvalue weighted by molar-refractivity contribution is 0.214. The highest BCUT2D eigenvalue weighted by Gasteiger charge is 2.30. The fourth-order valence-electron chi connectivity index (χ4n) is 2.31. The summed E-state index contributed by atoms with van der Waals surface area (Å²) in [5.41, 5.74) is 1.62. The van der Waals surface area contributed by atoms with Crippen molar-refractivity contribution < 1.29 is 9.18 Å². The summed E-state index contributed by atoms with van der Waals surface area (Å²) in [6.45, 7) is 0.659. The number of benzene rings is 2. The fourth-order valence-corrected chi connectivity index (χ4v) is 3.69. The summed E-state index contributed by atoms with van der Waals surface area (Å²) >= 11 is 7.51. The summed E-state index contributed by atoms with van der Waals surface area (Å²) in [4.78, 5) is 14.2. The summed E-state index contributed by atoms with van der Waals surface area (Å²) in [5, 5.41) is 3.40. The number of anilines is 1. The van der Waals surface area contributed by atoms with Crippen LogP contribution >= 0.6 is 23.4 Å². The molecule has 114 valence electrons. The molecule has 2 amide bonds. The van der Waals surface area contributed by atoms with Gasteiger partial charge in [0.2, 0.25) is 0 Å². The van der Waals surface area contributed by atoms with Gasteiger partial charge in [0, 0.05) is 23.0 Å². The number of amides is 2. The first-order valence-corrected chi connectivity index (χ1v) is 8.26. The van der Waals surface area contributed by atoms with Crippen molar-refractivity contribution in [2.24, 2.45) is 0 Å². The van der Waals surface area contributed by atoms with Crippen molar-refractivity contribution in [1.29, 1.82) is 0 Å². The van der Waals surface area contributed by atoms with Crippen molar-refractivity contribution in [3.05, 3.63) is 64.9 Å². The molecule has 1 aliphatic heterocycles. The van der Waals surface area contributed by atoms with E-state index in [0.717, 1.165) is 11.3 Å². The van der Waals surface area contributed by atoms with Crippen LogP contribution in [-0.4, -0.2) is 23.2 Å². The number of urea groups is 1. The average Bonchev–Trinajstić information content (AvgIpc) is 3.00. The minimum atomic E-state index is -0.274. The zero-order valence-corrected chi connectivity index (χ0v) is 13.2. The van der Waals surface area contributed by atoms with E-state index < -0.39 is 0 Å². The van der Waals surface area contributed by atoms with E-state index in [1.165, 1.54) is 12.1 Å². The Morgan fingerprint density at radius 1 is 1.18 bits per heavy atom. The molecule has 1 N–H and O–H groups in total. The van der Waals surface area contributed by atoms with Crippen LogP contribution in [0.25, 0.3) is 0 Å². The minimum absolute atomic E-state index is 0.0899. The van der Waals surface area contributed by atoms with Crippen LogP contribution in [0.5, 0.6) is 0 Å². The van der Waals surface area contributed by atoms with E-state index in [1.54, 1.807) is 53.1 Å². The second-order valence-corrected chi connectivity index (χ2v) is 6.53. The van der Waals surface area contributed by atoms with Crippen LogP contribution in [0.2, 0.25) is 5.02 Å². The molecular formula is C16H14ClFN2OS. The van der Waals surface area contributed by atoms with Gasteiger partial charge in [-0.1, -0.05) is 23.7 Å². The number of carbonyl (C=O) groups excluding carboxylic acids is 1. The molecule has 3 nitrogen and oxygen atoms in total. The monoisotopic (exact) mass is 336 g/mol. The maximum Gasteiger partial charge on any atom is 0.323 e. The molecule has 1 fully saturated rings. The predicted octanol–water partition coefficient (Wildman–Crippen LogP) is 4.76. The van der Waals surface area contributed by atoms with E-state index in [1.807, 2.05) is 0 Å². The highest BCUT2D eigenvalue weighted by Crippen LogP contribution is 2.38. The third kappa shape index (κ3) is 3.36. The minimum Gasteiger partial charge on any atom is -0.308 e. The number of hydrogen-bond acceptors (Lipinski definition) is 2. The molecule has 3 rings (SSSR count). The average molecular weight is 337 g/mol. The number of hydrogen-bond donors (Lipinski definition) is 1. The van der Waals surface area contributed by atoms with E-state index in [2.05, 4.69) is 5.32 Å². The Kier molecular flexibility index (Phi) is 4.55. The van der Waals surface area contributed by atoms with Gasteiger partial charge in [0.15, 0.2) is 0 Å². The number of thioether (sulfide) groups is 1. The lowest BCUT2D eigenvalue weighted by Crippen LogP contribution is -2.34. The first kappa shape index (κ1) is 15.2. The van der Waals surface area contributed by atoms with Crippen molar-refractivity contribution in [1.82, 2.24) is 4.90 Å². The molecular weight excluding hydrogens is 323 g/mol. The number of nitrogens with zero attached hydrogens (tertiary/aromatic N) is 1. The van der Waals surface area contributed by atoms with Crippen LogP contribution < -0.4 is 5.32 Å². The maximum atomic E-state index is 13.0. The second kappa shape index (κ2) is 6.58. The van der Waals surface area contributed by atoms with E-state index in [9.17, 15) is 9.18 Å². The molecule has 6 heteroatoms. The standard InChI is InChI=1S/C16H14ClFN2OS/c17-12-3-7-14(8-4-12)19-16(21)20-9-10-22-15(20)11-1-5-13(18)6-2-11/h1-8,15H,9-10H2,(H,19,21)/t15-/m0/s1. The molecule has 0 bridgehead atoms. The van der Waals surface area contributed by atoms with Gasteiger partial charge in [-0.2, -0.15) is 0 Å². The lowest BCUT2D eigenvalue weighted by Gasteiger charge is -2.24. The van der Waals surface area contributed by atoms with Crippen molar-refractivity contribution in [3.8, 4) is 0 Å². The molecule has 2 aromatic rings. The van der Waals surface area contributed by atoms with Crippen LogP contribution in [0, 0.1) is 5.82 Å². The molecule has 0 radical (unpaired) electrons. The van der Waals surface area contributed by atoms with Crippen LogP contribution in [-0.2, 0) is 0 Å². The number of rotatable bonds is 2. The quantitative estimate of drug-likeness (QED) is 0.857. The largest absolute Gasteiger partial charge is 0.323 e. The Labute approximate surface area is 137 Å². The van der Waals surface area contributed by atoms with Gasteiger partial charge < -0.3 is 10.2 Å². The van der Waals surface area contributed by atoms with Crippen LogP contribution in [0.1, 0.15) is 10.9 Å². The topological polar surface area (TPSA) is 32.3 Å². The van der Waals surface area contributed by atoms with E-state index in [4.69, 9.17) is 11.6 Å². The predicted molar refractivity (Wildman–Crippen MR) is 88.8 cm³/mol. The normalized spacial score (nSPS) is 17.5. The van der Waals surface area contributed by atoms with Gasteiger partial charge in [-0.15, -0.1) is 11.8 Å². The Bertz CT molecular complexity index is 663. The molecule has 0 saturated carbocycles. The third-order valence-electron chi connectivity index (χ3n) is 3.40. The third-order valence-corrected chi connectivity index (χ3v) is 4.92. The molecule has 0 aromatic heterocycles. The second-order valence-electron chi connectivity index (χ2n) is 4.91. The van der Waals surface area contributed by atoms with Gasteiger partial charge in [-0.25, -0.2) is 9.18 Å². The van der Waals surface area contributed by atoms with Crippen molar-refractivity contribution in [3.63, 3.8) is 0 Å². The van der Waals surface area contributed by atoms with E-state index >= 15 is 0 Å². The van der Waals surface area contributed by atoms with Gasteiger partial charge in [0.1, 0.15) is 11.2 Å². The molecule has 0 unspecified atom stereocenters. The van der Waals surface area contributed by atoms with Gasteiger partial charge in [0.25, 0.3) is 0 Å². The van der Waals surface area contributed by atoms with Crippen molar-refractivity contribution >= 4 is 35.1 Å². The van der Waals surface area contributed by atoms with Crippen molar-refractivity contribution in [2.75, 3.05) is 17.6 Å². The highest BCUT2D eigenvalue weighted by molar-refractivity contribution is 7.99. The lowest BCUT2D eigenvalue weighted by atomic mass is 10.2. The van der Waals surface area contributed by atoms with Gasteiger partial charge in [-0.3, -0.25) is 0 Å². The SMILES string of the molecule is O=C(Nc1ccc(Cl)cc1)N1CCS[C@H]1c1ccc(F)cc1. The van der Waals surface area contributed by atoms with Crippen LogP contribution in [0.15, 0.2) is 48.5 Å². The summed E-state index contributed by atoms with van der Waals surface area (Å²) < 4.78 is 13.0. The van der Waals surface area contributed by atoms with E-state index in [0.29, 0.717) is 17.3 Å². The molecule has 1 aliphatic rings. The van der Waals surface area contributed by atoms with Gasteiger partial charge in [-0.05, 0) is 42.0 Å². The number of halogens is 2. The Morgan fingerprint density at radius 2 is 1.86 bits per heavy atom. The molecule has 1 atom stereocenters. The van der Waals surface area contributed by atoms with Crippen molar-refractivity contribution in [2.45, 2.75) is 5.37 Å². The summed E-state index contributed by atoms with van der Waals surface area (Å²) in [6, 6.07) is 13.1. The number of carbonyl (C=O) groups is 1. The summed E-state index contributed by atoms with van der Waals surface area (Å²) in [7, 11) is 0. The molecule has 0 spiro atoms. The van der Waals surface area contributed by atoms with Gasteiger partial charge in [0.05, 0.1) is 0 Å². The summed E-state index contributed by atoms with van der Waals surface area (Å²) in [6.07, 6.45) is 0. The molecule has 0 aliphatic carbocycles. The smallest absolute Gasteiger partial charge is 0.308 e. The molecule has 22 heavy (non-hydrogen) atoms. The molecule has 1 heterocycles. The van der Waals surface area contributed by atoms with Crippen LogP contribution in [0.3, 0.4) is 0 Å². The Morgan fingerprint density at radius 3 is 2.55 bits per heavy atom. The zero-order chi connectivity index (χ0) is 15.5. The molecule has 2 aromatic carbocycles. The zero-order valence-electron chi connectivity index (χ0n) is 11.6. The number of nitrogens with one attached hydrogen (secondary N) is 1. The first-order chi connectivity index (χ1) is 10.6. The Hall–Kier alpha value is -1.72. The highest BCUT2D eigenvalue weighted by atomic mass is 35.5. The van der Waals surface area contributed by atoms with Gasteiger partial charge >= 0.3 is 6.03 Å². The summed E-state index contributed by atoms with van der Waals surface area (Å²) in [5.74, 6) is 0.583. The van der Waals surface area contributed by atoms with E-state index in [-0.39, 0.29) is 17.2 Å². The Balaban J connectivity index is 1.73. The van der Waals surface area contributed by atoms with Crippen LogP contribution in [0.4, 0.5) is 14.9 Å². The first-order valence-electron chi connectivity index (χ1n) is 6.84. The maximum absolute atomic E-state index is 13.0. The molecule has 1 saturated heterocycles. The fraction of sp³-hybridized carbons (Fsp3) is 0.188.